The van der Waals surface area contributed by atoms with Crippen LogP contribution in [0.3, 0.4) is 0 Å². The van der Waals surface area contributed by atoms with Gasteiger partial charge in [-0.2, -0.15) is 0 Å². The summed E-state index contributed by atoms with van der Waals surface area (Å²) in [5.74, 6) is -1.14. The van der Waals surface area contributed by atoms with Gasteiger partial charge in [-0.1, -0.05) is 60.1 Å². The minimum atomic E-state index is -4.35. The van der Waals surface area contributed by atoms with Crippen molar-refractivity contribution in [3.05, 3.63) is 125 Å². The van der Waals surface area contributed by atoms with E-state index in [2.05, 4.69) is 5.32 Å². The van der Waals surface area contributed by atoms with E-state index in [1.807, 2.05) is 51.1 Å². The first-order chi connectivity index (χ1) is 22.0. The predicted molar refractivity (Wildman–Crippen MR) is 178 cm³/mol. The monoisotopic (exact) mass is 665 g/mol. The molecule has 8 nitrogen and oxygen atoms in total. The lowest BCUT2D eigenvalue weighted by Gasteiger charge is -2.34. The number of nitrogens with zero attached hydrogens (tertiary/aromatic N) is 2. The third-order valence-corrected chi connectivity index (χ3v) is 9.27. The van der Waals surface area contributed by atoms with Gasteiger partial charge < -0.3 is 15.0 Å². The lowest BCUT2D eigenvalue weighted by molar-refractivity contribution is -0.140. The van der Waals surface area contributed by atoms with Crippen LogP contribution in [0.25, 0.3) is 0 Å². The van der Waals surface area contributed by atoms with Crippen LogP contribution in [0.4, 0.5) is 10.1 Å². The van der Waals surface area contributed by atoms with Crippen LogP contribution < -0.4 is 14.4 Å². The molecule has 0 saturated heterocycles. The van der Waals surface area contributed by atoms with Crippen molar-refractivity contribution in [2.75, 3.05) is 17.5 Å². The molecule has 4 aromatic carbocycles. The van der Waals surface area contributed by atoms with Crippen LogP contribution in [-0.2, 0) is 32.6 Å². The molecule has 0 aliphatic rings. The van der Waals surface area contributed by atoms with Crippen molar-refractivity contribution >= 4 is 39.1 Å². The van der Waals surface area contributed by atoms with Gasteiger partial charge in [0.25, 0.3) is 10.0 Å². The lowest BCUT2D eigenvalue weighted by Crippen LogP contribution is -2.54. The van der Waals surface area contributed by atoms with Gasteiger partial charge >= 0.3 is 0 Å². The van der Waals surface area contributed by atoms with Gasteiger partial charge in [0.2, 0.25) is 11.8 Å². The number of nitrogens with one attached hydrogen (secondary N) is 1. The maximum atomic E-state index is 14.5. The standard InChI is InChI=1S/C35H37ClFN3O5S/c1-4-45-30-18-20-31(21-19-30)46(43,44)40(29-16-14-28(37)15-17-29)24-34(41)39(23-27-12-8-9-13-32(27)36)33(35(42)38-25(2)3)22-26-10-6-5-7-11-26/h5-21,25,33H,4,22-24H2,1-3H3,(H,38,42)/t33-/m1/s1. The van der Waals surface area contributed by atoms with Gasteiger partial charge in [-0.3, -0.25) is 13.9 Å². The van der Waals surface area contributed by atoms with E-state index in [1.165, 1.54) is 41.3 Å². The highest BCUT2D eigenvalue weighted by Gasteiger charge is 2.35. The highest BCUT2D eigenvalue weighted by atomic mass is 35.5. The second kappa shape index (κ2) is 15.7. The van der Waals surface area contributed by atoms with Gasteiger partial charge in [0, 0.05) is 24.0 Å². The van der Waals surface area contributed by atoms with Crippen LogP contribution in [0.5, 0.6) is 5.75 Å². The van der Waals surface area contributed by atoms with Crippen LogP contribution in [0.15, 0.2) is 108 Å². The Balaban J connectivity index is 1.80. The third-order valence-electron chi connectivity index (χ3n) is 7.12. The smallest absolute Gasteiger partial charge is 0.264 e. The summed E-state index contributed by atoms with van der Waals surface area (Å²) < 4.78 is 48.6. The number of anilines is 1. The number of hydrogen-bond acceptors (Lipinski definition) is 5. The number of rotatable bonds is 14. The Kier molecular flexibility index (Phi) is 11.8. The molecule has 1 atom stereocenters. The molecule has 0 saturated carbocycles. The summed E-state index contributed by atoms with van der Waals surface area (Å²) in [6, 6.07) is 25.6. The molecule has 46 heavy (non-hydrogen) atoms. The number of carbonyl (C=O) groups is 2. The molecule has 0 aliphatic carbocycles. The highest BCUT2D eigenvalue weighted by Crippen LogP contribution is 2.27. The average molecular weight is 666 g/mol. The molecule has 0 radical (unpaired) electrons. The van der Waals surface area contributed by atoms with Crippen molar-refractivity contribution in [1.82, 2.24) is 10.2 Å². The number of carbonyl (C=O) groups excluding carboxylic acids is 2. The average Bonchev–Trinajstić information content (AvgIpc) is 3.03. The maximum absolute atomic E-state index is 14.5. The topological polar surface area (TPSA) is 96.0 Å². The second-order valence-electron chi connectivity index (χ2n) is 10.9. The van der Waals surface area contributed by atoms with E-state index in [-0.39, 0.29) is 29.6 Å². The van der Waals surface area contributed by atoms with E-state index in [9.17, 15) is 22.4 Å². The van der Waals surface area contributed by atoms with Crippen molar-refractivity contribution in [2.24, 2.45) is 0 Å². The number of benzene rings is 4. The van der Waals surface area contributed by atoms with Crippen LogP contribution in [0, 0.1) is 5.82 Å². The summed E-state index contributed by atoms with van der Waals surface area (Å²) in [5, 5.41) is 3.30. The normalized spacial score (nSPS) is 12.0. The SMILES string of the molecule is CCOc1ccc(S(=O)(=O)N(CC(=O)N(Cc2ccccc2Cl)[C@H](Cc2ccccc2)C(=O)NC(C)C)c2ccc(F)cc2)cc1. The molecule has 0 spiro atoms. The summed E-state index contributed by atoms with van der Waals surface area (Å²) in [6.07, 6.45) is 0.164. The summed E-state index contributed by atoms with van der Waals surface area (Å²) in [5.41, 5.74) is 1.46. The Hall–Kier alpha value is -4.41. The van der Waals surface area contributed by atoms with E-state index in [0.717, 1.165) is 22.0 Å². The van der Waals surface area contributed by atoms with Gasteiger partial charge in [-0.15, -0.1) is 0 Å². The molecular weight excluding hydrogens is 629 g/mol. The molecule has 0 heterocycles. The molecule has 0 aromatic heterocycles. The van der Waals surface area contributed by atoms with Crippen molar-refractivity contribution in [3.8, 4) is 5.75 Å². The molecule has 11 heteroatoms. The molecule has 4 aromatic rings. The zero-order valence-electron chi connectivity index (χ0n) is 25.9. The molecule has 4 rings (SSSR count). The van der Waals surface area contributed by atoms with E-state index in [1.54, 1.807) is 24.3 Å². The third kappa shape index (κ3) is 8.86. The largest absolute Gasteiger partial charge is 0.494 e. The Bertz CT molecular complexity index is 1720. The van der Waals surface area contributed by atoms with Crippen molar-refractivity contribution in [3.63, 3.8) is 0 Å². The summed E-state index contributed by atoms with van der Waals surface area (Å²) in [6.45, 7) is 5.11. The van der Waals surface area contributed by atoms with Crippen molar-refractivity contribution in [2.45, 2.75) is 50.7 Å². The Labute approximate surface area is 274 Å². The molecule has 242 valence electrons. The number of halogens is 2. The second-order valence-corrected chi connectivity index (χ2v) is 13.1. The number of sulfonamides is 1. The molecule has 0 fully saturated rings. The van der Waals surface area contributed by atoms with E-state index >= 15 is 0 Å². The quantitative estimate of drug-likeness (QED) is 0.172. The first-order valence-corrected chi connectivity index (χ1v) is 16.7. The first kappa shape index (κ1) is 34.5. The first-order valence-electron chi connectivity index (χ1n) is 14.9. The minimum absolute atomic E-state index is 0.0676. The van der Waals surface area contributed by atoms with E-state index < -0.39 is 40.2 Å². The van der Waals surface area contributed by atoms with Crippen molar-refractivity contribution in [1.29, 1.82) is 0 Å². The van der Waals surface area contributed by atoms with Crippen LogP contribution in [0.2, 0.25) is 5.02 Å². The summed E-state index contributed by atoms with van der Waals surface area (Å²) >= 11 is 6.52. The molecular formula is C35H37ClFN3O5S. The fourth-order valence-corrected chi connectivity index (χ4v) is 6.49. The molecule has 0 bridgehead atoms. The van der Waals surface area contributed by atoms with Gasteiger partial charge in [-0.25, -0.2) is 12.8 Å². The van der Waals surface area contributed by atoms with E-state index in [0.29, 0.717) is 22.9 Å². The van der Waals surface area contributed by atoms with Gasteiger partial charge in [0.05, 0.1) is 17.2 Å². The predicted octanol–water partition coefficient (Wildman–Crippen LogP) is 6.24. The highest BCUT2D eigenvalue weighted by molar-refractivity contribution is 7.92. The molecule has 0 unspecified atom stereocenters. The van der Waals surface area contributed by atoms with Crippen molar-refractivity contribution < 1.29 is 27.1 Å². The Morgan fingerprint density at radius 1 is 0.891 bits per heavy atom. The number of ether oxygens (including phenoxy) is 1. The summed E-state index contributed by atoms with van der Waals surface area (Å²) in [4.78, 5) is 29.5. The zero-order chi connectivity index (χ0) is 33.3. The van der Waals surface area contributed by atoms with Crippen LogP contribution in [0.1, 0.15) is 31.9 Å². The van der Waals surface area contributed by atoms with Gasteiger partial charge in [0.15, 0.2) is 0 Å². The molecule has 0 aliphatic heterocycles. The fraction of sp³-hybridized carbons (Fsp3) is 0.257. The van der Waals surface area contributed by atoms with Gasteiger partial charge in [-0.05, 0) is 86.5 Å². The molecule has 2 amide bonds. The number of amides is 2. The molecule has 1 N–H and O–H groups in total. The Morgan fingerprint density at radius 3 is 2.13 bits per heavy atom. The van der Waals surface area contributed by atoms with Crippen LogP contribution >= 0.6 is 11.6 Å². The zero-order valence-corrected chi connectivity index (χ0v) is 27.5. The maximum Gasteiger partial charge on any atom is 0.264 e. The minimum Gasteiger partial charge on any atom is -0.494 e. The lowest BCUT2D eigenvalue weighted by atomic mass is 10.0. The number of hydrogen-bond donors (Lipinski definition) is 1. The van der Waals surface area contributed by atoms with E-state index in [4.69, 9.17) is 16.3 Å². The fourth-order valence-electron chi connectivity index (χ4n) is 4.88. The van der Waals surface area contributed by atoms with Gasteiger partial charge in [0.1, 0.15) is 24.2 Å². The Morgan fingerprint density at radius 2 is 1.52 bits per heavy atom. The van der Waals surface area contributed by atoms with Crippen LogP contribution in [-0.4, -0.2) is 50.4 Å². The summed E-state index contributed by atoms with van der Waals surface area (Å²) in [7, 11) is -4.35.